The van der Waals surface area contributed by atoms with Gasteiger partial charge in [-0.05, 0) is 12.1 Å². The fourth-order valence-electron chi connectivity index (χ4n) is 1.08. The van der Waals surface area contributed by atoms with Crippen molar-refractivity contribution >= 4 is 23.2 Å². The number of nitrogens with zero attached hydrogens (tertiary/aromatic N) is 1. The maximum atomic E-state index is 11.5. The van der Waals surface area contributed by atoms with Crippen LogP contribution >= 0.6 is 11.8 Å². The van der Waals surface area contributed by atoms with Crippen LogP contribution in [-0.2, 0) is 0 Å². The van der Waals surface area contributed by atoms with Gasteiger partial charge >= 0.3 is 0 Å². The lowest BCUT2D eigenvalue weighted by molar-refractivity contribution is -0.384. The molecule has 16 heavy (non-hydrogen) atoms. The molecule has 0 fully saturated rings. The molecule has 86 valence electrons. The molecule has 5 nitrogen and oxygen atoms in total. The monoisotopic (exact) mass is 241 g/mol. The van der Waals surface area contributed by atoms with Crippen molar-refractivity contribution in [2.24, 2.45) is 0 Å². The Morgan fingerprint density at radius 3 is 2.50 bits per heavy atom. The van der Waals surface area contributed by atoms with E-state index >= 15 is 0 Å². The van der Waals surface area contributed by atoms with E-state index in [2.05, 4.69) is 0 Å². The number of thioether (sulfide) groups is 1. The molecule has 0 aliphatic carbocycles. The lowest BCUT2D eigenvalue weighted by Crippen LogP contribution is -2.04. The summed E-state index contributed by atoms with van der Waals surface area (Å²) in [5.41, 5.74) is 0.426. The SMILES string of the molecule is O=C(CSCCO)c1ccc([N+](=O)[O-])cc1. The van der Waals surface area contributed by atoms with E-state index in [1.807, 2.05) is 0 Å². The summed E-state index contributed by atoms with van der Waals surface area (Å²) in [6, 6.07) is 5.51. The van der Waals surface area contributed by atoms with Gasteiger partial charge in [-0.15, -0.1) is 0 Å². The number of ketones is 1. The zero-order chi connectivity index (χ0) is 12.0. The lowest BCUT2D eigenvalue weighted by Gasteiger charge is -1.99. The molecule has 1 N–H and O–H groups in total. The van der Waals surface area contributed by atoms with Gasteiger partial charge in [0, 0.05) is 23.4 Å². The van der Waals surface area contributed by atoms with E-state index in [1.54, 1.807) is 0 Å². The number of nitro groups is 1. The number of non-ortho nitro benzene ring substituents is 1. The summed E-state index contributed by atoms with van der Waals surface area (Å²) in [5, 5.41) is 18.9. The number of nitro benzene ring substituents is 1. The van der Waals surface area contributed by atoms with E-state index in [0.29, 0.717) is 11.3 Å². The summed E-state index contributed by atoms with van der Waals surface area (Å²) in [5.74, 6) is 0.699. The molecule has 0 radical (unpaired) electrons. The van der Waals surface area contributed by atoms with Crippen molar-refractivity contribution < 1.29 is 14.8 Å². The first kappa shape index (κ1) is 12.7. The Kier molecular flexibility index (Phi) is 4.94. The van der Waals surface area contributed by atoms with Crippen molar-refractivity contribution in [3.63, 3.8) is 0 Å². The average Bonchev–Trinajstić information content (AvgIpc) is 2.29. The second-order valence-corrected chi connectivity index (χ2v) is 4.11. The van der Waals surface area contributed by atoms with E-state index in [0.717, 1.165) is 0 Å². The second-order valence-electron chi connectivity index (χ2n) is 3.00. The molecule has 1 aromatic carbocycles. The average molecular weight is 241 g/mol. The number of carbonyl (C=O) groups excluding carboxylic acids is 1. The van der Waals surface area contributed by atoms with Crippen molar-refractivity contribution in [3.8, 4) is 0 Å². The van der Waals surface area contributed by atoms with Crippen molar-refractivity contribution in [3.05, 3.63) is 39.9 Å². The Bertz CT molecular complexity index is 377. The van der Waals surface area contributed by atoms with Crippen LogP contribution in [0.1, 0.15) is 10.4 Å². The molecule has 0 spiro atoms. The van der Waals surface area contributed by atoms with Crippen LogP contribution in [0.2, 0.25) is 0 Å². The second kappa shape index (κ2) is 6.24. The maximum absolute atomic E-state index is 11.5. The third-order valence-electron chi connectivity index (χ3n) is 1.87. The van der Waals surface area contributed by atoms with E-state index in [1.165, 1.54) is 36.0 Å². The van der Waals surface area contributed by atoms with Gasteiger partial charge < -0.3 is 5.11 Å². The minimum Gasteiger partial charge on any atom is -0.396 e. The fourth-order valence-corrected chi connectivity index (χ4v) is 1.71. The summed E-state index contributed by atoms with van der Waals surface area (Å²) in [7, 11) is 0. The molecule has 0 bridgehead atoms. The molecule has 0 unspecified atom stereocenters. The van der Waals surface area contributed by atoms with Crippen LogP contribution in [-0.4, -0.2) is 33.9 Å². The van der Waals surface area contributed by atoms with Crippen LogP contribution < -0.4 is 0 Å². The van der Waals surface area contributed by atoms with Crippen LogP contribution in [0, 0.1) is 10.1 Å². The first-order valence-corrected chi connectivity index (χ1v) is 5.77. The summed E-state index contributed by atoms with van der Waals surface area (Å²) < 4.78 is 0. The molecule has 0 saturated carbocycles. The van der Waals surface area contributed by atoms with Crippen LogP contribution in [0.25, 0.3) is 0 Å². The third-order valence-corrected chi connectivity index (χ3v) is 2.81. The van der Waals surface area contributed by atoms with Gasteiger partial charge in [0.1, 0.15) is 0 Å². The zero-order valence-electron chi connectivity index (χ0n) is 8.46. The lowest BCUT2D eigenvalue weighted by atomic mass is 10.1. The number of hydrogen-bond donors (Lipinski definition) is 1. The molecular formula is C10H11NO4S. The summed E-state index contributed by atoms with van der Waals surface area (Å²) in [4.78, 5) is 21.4. The predicted octanol–water partition coefficient (Wildman–Crippen LogP) is 1.50. The molecule has 0 aromatic heterocycles. The standard InChI is InChI=1S/C10H11NO4S/c12-5-6-16-7-10(13)8-1-3-9(4-2-8)11(14)15/h1-4,12H,5-7H2. The van der Waals surface area contributed by atoms with Crippen LogP contribution in [0.5, 0.6) is 0 Å². The molecule has 0 atom stereocenters. The minimum absolute atomic E-state index is 0.0282. The highest BCUT2D eigenvalue weighted by Gasteiger charge is 2.09. The number of aliphatic hydroxyl groups excluding tert-OH is 1. The van der Waals surface area contributed by atoms with Gasteiger partial charge in [-0.3, -0.25) is 14.9 Å². The molecule has 6 heteroatoms. The molecule has 0 aliphatic rings. The van der Waals surface area contributed by atoms with E-state index in [9.17, 15) is 14.9 Å². The topological polar surface area (TPSA) is 80.4 Å². The largest absolute Gasteiger partial charge is 0.396 e. The fraction of sp³-hybridized carbons (Fsp3) is 0.300. The number of aliphatic hydroxyl groups is 1. The smallest absolute Gasteiger partial charge is 0.269 e. The Hall–Kier alpha value is -1.40. The Morgan fingerprint density at radius 1 is 1.38 bits per heavy atom. The highest BCUT2D eigenvalue weighted by molar-refractivity contribution is 8.00. The summed E-state index contributed by atoms with van der Waals surface area (Å²) in [6.45, 7) is 0.0399. The van der Waals surface area contributed by atoms with Crippen molar-refractivity contribution in [2.45, 2.75) is 0 Å². The Balaban J connectivity index is 2.59. The third kappa shape index (κ3) is 3.63. The normalized spacial score (nSPS) is 10.1. The van der Waals surface area contributed by atoms with Gasteiger partial charge in [-0.1, -0.05) is 0 Å². The van der Waals surface area contributed by atoms with Gasteiger partial charge in [0.05, 0.1) is 17.3 Å². The molecule has 1 aromatic rings. The van der Waals surface area contributed by atoms with Crippen LogP contribution in [0.4, 0.5) is 5.69 Å². The summed E-state index contributed by atoms with van der Waals surface area (Å²) in [6.07, 6.45) is 0. The van der Waals surface area contributed by atoms with Gasteiger partial charge in [-0.2, -0.15) is 11.8 Å². The molecule has 1 rings (SSSR count). The summed E-state index contributed by atoms with van der Waals surface area (Å²) >= 11 is 1.33. The van der Waals surface area contributed by atoms with Crippen LogP contribution in [0.3, 0.4) is 0 Å². The number of carbonyl (C=O) groups is 1. The molecule has 0 amide bonds. The van der Waals surface area contributed by atoms with E-state index in [4.69, 9.17) is 5.11 Å². The van der Waals surface area contributed by atoms with Crippen molar-refractivity contribution in [1.82, 2.24) is 0 Å². The van der Waals surface area contributed by atoms with Gasteiger partial charge in [-0.25, -0.2) is 0 Å². The first-order valence-electron chi connectivity index (χ1n) is 4.61. The quantitative estimate of drug-likeness (QED) is 0.353. The number of rotatable bonds is 6. The predicted molar refractivity (Wildman–Crippen MR) is 61.8 cm³/mol. The van der Waals surface area contributed by atoms with Crippen molar-refractivity contribution in [1.29, 1.82) is 0 Å². The van der Waals surface area contributed by atoms with E-state index < -0.39 is 4.92 Å². The van der Waals surface area contributed by atoms with Crippen LogP contribution in [0.15, 0.2) is 24.3 Å². The Labute approximate surface area is 96.6 Å². The number of hydrogen-bond acceptors (Lipinski definition) is 5. The van der Waals surface area contributed by atoms with Gasteiger partial charge in [0.25, 0.3) is 5.69 Å². The zero-order valence-corrected chi connectivity index (χ0v) is 9.27. The molecule has 0 heterocycles. The number of Topliss-reactive ketones (excluding diaryl/α,β-unsaturated/α-hetero) is 1. The van der Waals surface area contributed by atoms with Gasteiger partial charge in [0.15, 0.2) is 5.78 Å². The maximum Gasteiger partial charge on any atom is 0.269 e. The minimum atomic E-state index is -0.505. The first-order chi connectivity index (χ1) is 7.65. The Morgan fingerprint density at radius 2 is 2.00 bits per heavy atom. The highest BCUT2D eigenvalue weighted by Crippen LogP contribution is 2.13. The molecule has 0 saturated heterocycles. The number of benzene rings is 1. The van der Waals surface area contributed by atoms with Crippen molar-refractivity contribution in [2.75, 3.05) is 18.1 Å². The highest BCUT2D eigenvalue weighted by atomic mass is 32.2. The van der Waals surface area contributed by atoms with E-state index in [-0.39, 0.29) is 23.8 Å². The van der Waals surface area contributed by atoms with Gasteiger partial charge in [0.2, 0.25) is 0 Å². The molecular weight excluding hydrogens is 230 g/mol. The molecule has 0 aliphatic heterocycles.